The van der Waals surface area contributed by atoms with Crippen LogP contribution in [-0.4, -0.2) is 20.8 Å². The normalized spacial score (nSPS) is 11.8. The molecule has 0 radical (unpaired) electrons. The van der Waals surface area contributed by atoms with Gasteiger partial charge in [0.25, 0.3) is 11.2 Å². The van der Waals surface area contributed by atoms with Gasteiger partial charge in [0.15, 0.2) is 0 Å². The van der Waals surface area contributed by atoms with Gasteiger partial charge in [0.2, 0.25) is 0 Å². The molecule has 0 unspecified atom stereocenters. The van der Waals surface area contributed by atoms with E-state index in [4.69, 9.17) is 4.74 Å². The van der Waals surface area contributed by atoms with Crippen molar-refractivity contribution in [3.05, 3.63) is 108 Å². The van der Waals surface area contributed by atoms with E-state index >= 15 is 0 Å². The quantitative estimate of drug-likeness (QED) is 0.167. The van der Waals surface area contributed by atoms with E-state index in [2.05, 4.69) is 26.0 Å². The summed E-state index contributed by atoms with van der Waals surface area (Å²) in [5, 5.41) is 16.2. The minimum absolute atomic E-state index is 0.109. The van der Waals surface area contributed by atoms with Crippen LogP contribution in [-0.2, 0) is 12.0 Å². The zero-order valence-electron chi connectivity index (χ0n) is 19.7. The predicted molar refractivity (Wildman–Crippen MR) is 139 cm³/mol. The Labute approximate surface area is 214 Å². The van der Waals surface area contributed by atoms with Crippen LogP contribution >= 0.6 is 15.9 Å². The number of fused-ring (bicyclic) bond motifs is 1. The third-order valence-electron chi connectivity index (χ3n) is 5.30. The van der Waals surface area contributed by atoms with Gasteiger partial charge < -0.3 is 4.74 Å². The fourth-order valence-electron chi connectivity index (χ4n) is 3.48. The molecular weight excluding hydrogens is 531 g/mol. The van der Waals surface area contributed by atoms with Crippen LogP contribution in [0.3, 0.4) is 0 Å². The summed E-state index contributed by atoms with van der Waals surface area (Å²) in [6.45, 7) is 5.85. The summed E-state index contributed by atoms with van der Waals surface area (Å²) in [6.07, 6.45) is 1.34. The molecule has 0 spiro atoms. The molecule has 4 aromatic rings. The fraction of sp³-hybridized carbons (Fsp3) is 0.192. The third kappa shape index (κ3) is 5.49. The number of nitro groups is 1. The molecule has 184 valence electrons. The summed E-state index contributed by atoms with van der Waals surface area (Å²) in [4.78, 5) is 28.9. The molecule has 36 heavy (non-hydrogen) atoms. The second-order valence-corrected chi connectivity index (χ2v) is 10.0. The van der Waals surface area contributed by atoms with E-state index in [0.29, 0.717) is 33.6 Å². The lowest BCUT2D eigenvalue weighted by molar-refractivity contribution is -0.384. The van der Waals surface area contributed by atoms with E-state index in [0.717, 1.165) is 4.47 Å². The molecule has 0 aliphatic rings. The molecule has 4 rings (SSSR count). The Bertz CT molecular complexity index is 1540. The van der Waals surface area contributed by atoms with Gasteiger partial charge in [-0.05, 0) is 42.0 Å². The Hall–Kier alpha value is -3.92. The molecule has 0 saturated carbocycles. The van der Waals surface area contributed by atoms with E-state index < -0.39 is 10.3 Å². The molecule has 10 heteroatoms. The van der Waals surface area contributed by atoms with Gasteiger partial charge in [-0.25, -0.2) is 9.37 Å². The SMILES string of the molecule is CC(C)(C)c1nc2ccc(Br)cc2c(=O)n1N=Cc1cc([N+](=O)[O-])ccc1OCc1ccc(F)cc1. The van der Waals surface area contributed by atoms with Gasteiger partial charge in [0.05, 0.1) is 22.0 Å². The van der Waals surface area contributed by atoms with Gasteiger partial charge >= 0.3 is 0 Å². The summed E-state index contributed by atoms with van der Waals surface area (Å²) in [6, 6.07) is 15.2. The first-order valence-corrected chi connectivity index (χ1v) is 11.7. The van der Waals surface area contributed by atoms with Gasteiger partial charge in [0.1, 0.15) is 24.0 Å². The van der Waals surface area contributed by atoms with Crippen LogP contribution in [0.4, 0.5) is 10.1 Å². The number of halogens is 2. The molecule has 0 amide bonds. The van der Waals surface area contributed by atoms with Crippen molar-refractivity contribution in [2.75, 3.05) is 0 Å². The molecule has 0 saturated heterocycles. The Morgan fingerprint density at radius 2 is 1.86 bits per heavy atom. The van der Waals surface area contributed by atoms with E-state index in [1.165, 1.54) is 41.2 Å². The van der Waals surface area contributed by atoms with Crippen molar-refractivity contribution in [3.8, 4) is 5.75 Å². The highest BCUT2D eigenvalue weighted by Gasteiger charge is 2.23. The molecule has 1 heterocycles. The number of non-ortho nitro benzene ring substituents is 1. The number of benzene rings is 3. The lowest BCUT2D eigenvalue weighted by Gasteiger charge is -2.21. The van der Waals surface area contributed by atoms with Gasteiger partial charge in [-0.1, -0.05) is 48.8 Å². The topological polar surface area (TPSA) is 99.6 Å². The zero-order chi connectivity index (χ0) is 26.0. The van der Waals surface area contributed by atoms with Crippen LogP contribution in [0.2, 0.25) is 0 Å². The lowest BCUT2D eigenvalue weighted by Crippen LogP contribution is -2.29. The predicted octanol–water partition coefficient (Wildman–Crippen LogP) is 5.97. The Kier molecular flexibility index (Phi) is 6.98. The Morgan fingerprint density at radius 3 is 2.53 bits per heavy atom. The molecule has 1 aromatic heterocycles. The number of nitro benzene ring substituents is 1. The molecule has 0 N–H and O–H groups in total. The number of nitrogens with zero attached hydrogens (tertiary/aromatic N) is 4. The van der Waals surface area contributed by atoms with Gasteiger partial charge in [-0.3, -0.25) is 14.9 Å². The smallest absolute Gasteiger partial charge is 0.282 e. The maximum Gasteiger partial charge on any atom is 0.282 e. The van der Waals surface area contributed by atoms with Crippen molar-refractivity contribution in [3.63, 3.8) is 0 Å². The minimum Gasteiger partial charge on any atom is -0.488 e. The molecule has 3 aromatic carbocycles. The molecule has 0 aliphatic carbocycles. The van der Waals surface area contributed by atoms with Crippen LogP contribution < -0.4 is 10.3 Å². The van der Waals surface area contributed by atoms with Crippen molar-refractivity contribution in [2.45, 2.75) is 32.8 Å². The van der Waals surface area contributed by atoms with Crippen LogP contribution in [0.25, 0.3) is 10.9 Å². The molecule has 0 aliphatic heterocycles. The highest BCUT2D eigenvalue weighted by Crippen LogP contribution is 2.26. The molecule has 8 nitrogen and oxygen atoms in total. The van der Waals surface area contributed by atoms with Crippen LogP contribution in [0.5, 0.6) is 5.75 Å². The Morgan fingerprint density at radius 1 is 1.14 bits per heavy atom. The maximum absolute atomic E-state index is 13.4. The fourth-order valence-corrected chi connectivity index (χ4v) is 3.85. The lowest BCUT2D eigenvalue weighted by atomic mass is 9.95. The van der Waals surface area contributed by atoms with Crippen LogP contribution in [0.15, 0.2) is 75.0 Å². The summed E-state index contributed by atoms with van der Waals surface area (Å²) in [5.74, 6) is 0.381. The number of rotatable bonds is 6. The summed E-state index contributed by atoms with van der Waals surface area (Å²) < 4.78 is 21.0. The number of hydrogen-bond acceptors (Lipinski definition) is 6. The average Bonchev–Trinajstić information content (AvgIpc) is 2.83. The number of hydrogen-bond donors (Lipinski definition) is 0. The van der Waals surface area contributed by atoms with Gasteiger partial charge in [0, 0.05) is 27.6 Å². The second kappa shape index (κ2) is 9.98. The molecular formula is C26H22BrFN4O4. The standard InChI is InChI=1S/C26H22BrFN4O4/c1-26(2,3)25-30-22-10-6-18(27)13-21(22)24(33)31(25)29-14-17-12-20(32(34)35)9-11-23(17)36-15-16-4-7-19(28)8-5-16/h4-14H,15H2,1-3H3. The van der Waals surface area contributed by atoms with Crippen molar-refractivity contribution < 1.29 is 14.1 Å². The highest BCUT2D eigenvalue weighted by molar-refractivity contribution is 9.10. The first-order chi connectivity index (χ1) is 17.0. The summed E-state index contributed by atoms with van der Waals surface area (Å²) in [7, 11) is 0. The van der Waals surface area contributed by atoms with Gasteiger partial charge in [-0.2, -0.15) is 9.78 Å². The van der Waals surface area contributed by atoms with E-state index in [-0.39, 0.29) is 23.7 Å². The summed E-state index contributed by atoms with van der Waals surface area (Å²) >= 11 is 3.38. The van der Waals surface area contributed by atoms with Crippen LogP contribution in [0.1, 0.15) is 37.7 Å². The van der Waals surface area contributed by atoms with Crippen molar-refractivity contribution >= 4 is 38.7 Å². The average molecular weight is 553 g/mol. The summed E-state index contributed by atoms with van der Waals surface area (Å²) in [5.41, 5.74) is 0.498. The highest BCUT2D eigenvalue weighted by atomic mass is 79.9. The minimum atomic E-state index is -0.525. The third-order valence-corrected chi connectivity index (χ3v) is 5.80. The van der Waals surface area contributed by atoms with E-state index in [1.54, 1.807) is 24.3 Å². The molecule has 0 bridgehead atoms. The largest absolute Gasteiger partial charge is 0.488 e. The van der Waals surface area contributed by atoms with E-state index in [1.807, 2.05) is 26.8 Å². The van der Waals surface area contributed by atoms with Gasteiger partial charge in [-0.15, -0.1) is 0 Å². The van der Waals surface area contributed by atoms with E-state index in [9.17, 15) is 19.3 Å². The number of aromatic nitrogens is 2. The Balaban J connectivity index is 1.79. The second-order valence-electron chi connectivity index (χ2n) is 9.10. The monoisotopic (exact) mass is 552 g/mol. The van der Waals surface area contributed by atoms with Crippen molar-refractivity contribution in [2.24, 2.45) is 5.10 Å². The first kappa shape index (κ1) is 25.2. The maximum atomic E-state index is 13.4. The zero-order valence-corrected chi connectivity index (χ0v) is 21.3. The van der Waals surface area contributed by atoms with Crippen molar-refractivity contribution in [1.29, 1.82) is 0 Å². The molecule has 0 fully saturated rings. The number of ether oxygens (including phenoxy) is 1. The van der Waals surface area contributed by atoms with Crippen molar-refractivity contribution in [1.82, 2.24) is 9.66 Å². The molecule has 0 atom stereocenters. The van der Waals surface area contributed by atoms with Crippen LogP contribution in [0, 0.1) is 15.9 Å². The first-order valence-electron chi connectivity index (χ1n) is 11.0.